The molecule has 1 N–H and O–H groups in total. The molecule has 0 heterocycles. The number of hydrogen-bond donors (Lipinski definition) is 1. The van der Waals surface area contributed by atoms with E-state index in [1.165, 1.54) is 17.0 Å². The van der Waals surface area contributed by atoms with Gasteiger partial charge in [-0.1, -0.05) is 54.8 Å². The van der Waals surface area contributed by atoms with Gasteiger partial charge in [-0.15, -0.1) is 0 Å². The number of benzene rings is 3. The summed E-state index contributed by atoms with van der Waals surface area (Å²) in [5.41, 5.74) is 3.03. The zero-order chi connectivity index (χ0) is 28.9. The van der Waals surface area contributed by atoms with Gasteiger partial charge in [-0.3, -0.25) is 13.9 Å². The van der Waals surface area contributed by atoms with E-state index in [0.29, 0.717) is 5.69 Å². The zero-order valence-corrected chi connectivity index (χ0v) is 24.0. The topological polar surface area (TPSA) is 86.8 Å². The number of carbonyl (C=O) groups is 2. The number of amides is 2. The number of nitrogens with one attached hydrogen (secondary N) is 1. The molecule has 0 unspecified atom stereocenters. The minimum Gasteiger partial charge on any atom is -0.352 e. The second-order valence-corrected chi connectivity index (χ2v) is 12.3. The Balaban J connectivity index is 1.69. The molecule has 4 rings (SSSR count). The van der Waals surface area contributed by atoms with Crippen LogP contribution in [0, 0.1) is 19.7 Å². The molecular formula is C31H36FN3O4S. The fourth-order valence-corrected chi connectivity index (χ4v) is 6.33. The lowest BCUT2D eigenvalue weighted by atomic mass is 10.1. The van der Waals surface area contributed by atoms with Gasteiger partial charge in [0.05, 0.1) is 10.6 Å². The van der Waals surface area contributed by atoms with Crippen LogP contribution in [0.1, 0.15) is 49.3 Å². The van der Waals surface area contributed by atoms with E-state index < -0.39 is 34.3 Å². The quantitative estimate of drug-likeness (QED) is 0.370. The van der Waals surface area contributed by atoms with Crippen molar-refractivity contribution < 1.29 is 22.4 Å². The van der Waals surface area contributed by atoms with Crippen molar-refractivity contribution >= 4 is 27.5 Å². The third kappa shape index (κ3) is 6.88. The van der Waals surface area contributed by atoms with E-state index in [4.69, 9.17) is 0 Å². The van der Waals surface area contributed by atoms with Gasteiger partial charge in [-0.05, 0) is 81.1 Å². The van der Waals surface area contributed by atoms with E-state index in [1.807, 2.05) is 38.1 Å². The molecule has 3 aromatic carbocycles. The Kier molecular flexibility index (Phi) is 9.25. The summed E-state index contributed by atoms with van der Waals surface area (Å²) < 4.78 is 42.2. The van der Waals surface area contributed by atoms with Gasteiger partial charge in [-0.25, -0.2) is 12.8 Å². The highest BCUT2D eigenvalue weighted by atomic mass is 32.2. The molecule has 7 nitrogen and oxygen atoms in total. The SMILES string of the molecule is Cc1ccc(N(CC(=O)N(Cc2ccccc2C)[C@H](C)C(=O)NC2CCCC2)S(=O)(=O)c2ccc(F)cc2)cc1. The fraction of sp³-hybridized carbons (Fsp3) is 0.355. The third-order valence-corrected chi connectivity index (χ3v) is 9.26. The Labute approximate surface area is 236 Å². The third-order valence-electron chi connectivity index (χ3n) is 7.47. The molecule has 0 radical (unpaired) electrons. The van der Waals surface area contributed by atoms with Crippen LogP contribution in [-0.4, -0.2) is 43.8 Å². The van der Waals surface area contributed by atoms with Crippen molar-refractivity contribution in [2.45, 2.75) is 70.0 Å². The maximum atomic E-state index is 14.0. The van der Waals surface area contributed by atoms with Gasteiger partial charge >= 0.3 is 0 Å². The van der Waals surface area contributed by atoms with Crippen molar-refractivity contribution in [2.24, 2.45) is 0 Å². The highest BCUT2D eigenvalue weighted by molar-refractivity contribution is 7.92. The minimum absolute atomic E-state index is 0.0771. The summed E-state index contributed by atoms with van der Waals surface area (Å²) in [4.78, 5) is 28.6. The lowest BCUT2D eigenvalue weighted by molar-refractivity contribution is -0.139. The second-order valence-electron chi connectivity index (χ2n) is 10.4. The standard InChI is InChI=1S/C31H36FN3O4S/c1-22-12-16-28(17-13-22)35(40(38,39)29-18-14-26(32)15-19-29)21-30(36)34(20-25-9-5-4-8-23(25)2)24(3)31(37)33-27-10-6-7-11-27/h4-5,8-9,12-19,24,27H,6-7,10-11,20-21H2,1-3H3,(H,33,37)/t24-/m1/s1. The minimum atomic E-state index is -4.24. The van der Waals surface area contributed by atoms with Crippen LogP contribution in [0.3, 0.4) is 0 Å². The molecule has 40 heavy (non-hydrogen) atoms. The van der Waals surface area contributed by atoms with Gasteiger partial charge < -0.3 is 10.2 Å². The van der Waals surface area contributed by atoms with Gasteiger partial charge in [0, 0.05) is 12.6 Å². The van der Waals surface area contributed by atoms with Crippen molar-refractivity contribution in [3.8, 4) is 0 Å². The van der Waals surface area contributed by atoms with Crippen LogP contribution in [0.2, 0.25) is 0 Å². The Bertz CT molecular complexity index is 1440. The molecule has 1 aliphatic rings. The molecule has 2 amide bonds. The van der Waals surface area contributed by atoms with Crippen LogP contribution in [0.5, 0.6) is 0 Å². The lowest BCUT2D eigenvalue weighted by Crippen LogP contribution is -2.52. The van der Waals surface area contributed by atoms with Gasteiger partial charge in [0.25, 0.3) is 10.0 Å². The molecule has 3 aromatic rings. The monoisotopic (exact) mass is 565 g/mol. The van der Waals surface area contributed by atoms with E-state index >= 15 is 0 Å². The van der Waals surface area contributed by atoms with Crippen LogP contribution in [0.25, 0.3) is 0 Å². The van der Waals surface area contributed by atoms with Crippen molar-refractivity contribution in [3.05, 3.63) is 95.3 Å². The summed E-state index contributed by atoms with van der Waals surface area (Å²) in [7, 11) is -4.24. The molecule has 0 aromatic heterocycles. The van der Waals surface area contributed by atoms with E-state index in [9.17, 15) is 22.4 Å². The van der Waals surface area contributed by atoms with Gasteiger partial charge in [0.2, 0.25) is 11.8 Å². The lowest BCUT2D eigenvalue weighted by Gasteiger charge is -2.33. The average Bonchev–Trinajstić information content (AvgIpc) is 3.44. The molecule has 1 aliphatic carbocycles. The van der Waals surface area contributed by atoms with Gasteiger partial charge in [0.1, 0.15) is 18.4 Å². The molecule has 0 spiro atoms. The van der Waals surface area contributed by atoms with E-state index in [1.54, 1.807) is 31.2 Å². The Hall–Kier alpha value is -3.72. The molecule has 9 heteroatoms. The smallest absolute Gasteiger partial charge is 0.264 e. The van der Waals surface area contributed by atoms with E-state index in [0.717, 1.165) is 58.8 Å². The number of halogens is 1. The normalized spacial score (nSPS) is 14.5. The Morgan fingerprint density at radius 3 is 2.20 bits per heavy atom. The summed E-state index contributed by atoms with van der Waals surface area (Å²) in [6.45, 7) is 5.09. The molecular weight excluding hydrogens is 529 g/mol. The number of nitrogens with zero attached hydrogens (tertiary/aromatic N) is 2. The molecule has 1 fully saturated rings. The summed E-state index contributed by atoms with van der Waals surface area (Å²) in [5, 5.41) is 3.07. The van der Waals surface area contributed by atoms with Crippen LogP contribution < -0.4 is 9.62 Å². The maximum absolute atomic E-state index is 14.0. The summed E-state index contributed by atoms with van der Waals surface area (Å²) in [6.07, 6.45) is 3.92. The number of hydrogen-bond acceptors (Lipinski definition) is 4. The summed E-state index contributed by atoms with van der Waals surface area (Å²) in [5.74, 6) is -1.36. The average molecular weight is 566 g/mol. The zero-order valence-electron chi connectivity index (χ0n) is 23.1. The van der Waals surface area contributed by atoms with Crippen LogP contribution >= 0.6 is 0 Å². The first-order valence-electron chi connectivity index (χ1n) is 13.6. The highest BCUT2D eigenvalue weighted by Gasteiger charge is 2.33. The number of anilines is 1. The largest absolute Gasteiger partial charge is 0.352 e. The molecule has 0 aliphatic heterocycles. The van der Waals surface area contributed by atoms with Crippen molar-refractivity contribution in [3.63, 3.8) is 0 Å². The maximum Gasteiger partial charge on any atom is 0.264 e. The number of rotatable bonds is 10. The highest BCUT2D eigenvalue weighted by Crippen LogP contribution is 2.26. The first-order valence-corrected chi connectivity index (χ1v) is 15.0. The van der Waals surface area contributed by atoms with Gasteiger partial charge in [0.15, 0.2) is 0 Å². The summed E-state index contributed by atoms with van der Waals surface area (Å²) >= 11 is 0. The van der Waals surface area contributed by atoms with Crippen molar-refractivity contribution in [2.75, 3.05) is 10.8 Å². The van der Waals surface area contributed by atoms with E-state index in [2.05, 4.69) is 5.32 Å². The fourth-order valence-electron chi connectivity index (χ4n) is 4.92. The molecule has 0 saturated heterocycles. The molecule has 1 saturated carbocycles. The first kappa shape index (κ1) is 29.3. The Morgan fingerprint density at radius 1 is 0.950 bits per heavy atom. The number of aryl methyl sites for hydroxylation is 2. The van der Waals surface area contributed by atoms with Crippen LogP contribution in [0.15, 0.2) is 77.7 Å². The number of sulfonamides is 1. The number of carbonyl (C=O) groups excluding carboxylic acids is 2. The van der Waals surface area contributed by atoms with Gasteiger partial charge in [-0.2, -0.15) is 0 Å². The predicted molar refractivity (Wildman–Crippen MR) is 154 cm³/mol. The summed E-state index contributed by atoms with van der Waals surface area (Å²) in [6, 6.07) is 18.1. The van der Waals surface area contributed by atoms with Crippen LogP contribution in [-0.2, 0) is 26.2 Å². The van der Waals surface area contributed by atoms with E-state index in [-0.39, 0.29) is 23.4 Å². The predicted octanol–water partition coefficient (Wildman–Crippen LogP) is 5.11. The Morgan fingerprint density at radius 2 is 1.57 bits per heavy atom. The van der Waals surface area contributed by atoms with Crippen molar-refractivity contribution in [1.82, 2.24) is 10.2 Å². The molecule has 1 atom stereocenters. The molecule has 0 bridgehead atoms. The van der Waals surface area contributed by atoms with Crippen LogP contribution in [0.4, 0.5) is 10.1 Å². The molecule has 212 valence electrons. The van der Waals surface area contributed by atoms with Crippen molar-refractivity contribution in [1.29, 1.82) is 0 Å². The second kappa shape index (κ2) is 12.6. The first-order chi connectivity index (χ1) is 19.1.